The summed E-state index contributed by atoms with van der Waals surface area (Å²) in [5.74, 6) is 0. The first-order chi connectivity index (χ1) is 16.1. The Morgan fingerprint density at radius 1 is 0.667 bits per heavy atom. The maximum absolute atomic E-state index is 2.44. The lowest BCUT2D eigenvalue weighted by Gasteiger charge is -2.16. The van der Waals surface area contributed by atoms with E-state index in [0.717, 1.165) is 6.54 Å². The Hall–Kier alpha value is -3.91. The van der Waals surface area contributed by atoms with Gasteiger partial charge in [-0.25, -0.2) is 0 Å². The fourth-order valence-corrected chi connectivity index (χ4v) is 5.04. The smallest absolute Gasteiger partial charge is 0.214 e. The summed E-state index contributed by atoms with van der Waals surface area (Å²) in [5, 5.41) is 5.17. The Labute approximate surface area is 194 Å². The molecule has 0 bridgehead atoms. The summed E-state index contributed by atoms with van der Waals surface area (Å²) >= 11 is 0. The molecular weight excluding hydrogens is 400 g/mol. The molecule has 6 aromatic rings. The molecule has 2 nitrogen and oxygen atoms in total. The zero-order valence-electron chi connectivity index (χ0n) is 19.3. The number of hydrogen-bond donors (Lipinski definition) is 0. The van der Waals surface area contributed by atoms with Crippen LogP contribution >= 0.6 is 0 Å². The highest BCUT2D eigenvalue weighted by Gasteiger charge is 2.20. The van der Waals surface area contributed by atoms with E-state index in [-0.39, 0.29) is 0 Å². The second-order valence-corrected chi connectivity index (χ2v) is 8.99. The van der Waals surface area contributed by atoms with Crippen molar-refractivity contribution in [3.05, 3.63) is 108 Å². The maximum Gasteiger partial charge on any atom is 0.214 e. The number of nitrogens with zero attached hydrogens (tertiary/aromatic N) is 2. The highest BCUT2D eigenvalue weighted by atomic mass is 15.0. The van der Waals surface area contributed by atoms with Gasteiger partial charge < -0.3 is 4.57 Å². The van der Waals surface area contributed by atoms with Crippen LogP contribution in [0.2, 0.25) is 0 Å². The largest absolute Gasteiger partial charge is 0.316 e. The van der Waals surface area contributed by atoms with Crippen molar-refractivity contribution in [1.29, 1.82) is 0 Å². The molecule has 2 heterocycles. The predicted molar refractivity (Wildman–Crippen MR) is 139 cm³/mol. The number of hydrogen-bond acceptors (Lipinski definition) is 0. The van der Waals surface area contributed by atoms with E-state index in [1.807, 2.05) is 0 Å². The first-order valence-electron chi connectivity index (χ1n) is 11.7. The molecule has 0 saturated heterocycles. The van der Waals surface area contributed by atoms with Gasteiger partial charge in [0.2, 0.25) is 11.0 Å². The van der Waals surface area contributed by atoms with Gasteiger partial charge in [-0.3, -0.25) is 0 Å². The number of rotatable bonds is 3. The zero-order valence-corrected chi connectivity index (χ0v) is 19.3. The van der Waals surface area contributed by atoms with Gasteiger partial charge in [0.25, 0.3) is 0 Å². The Kier molecular flexibility index (Phi) is 4.55. The molecule has 0 N–H and O–H groups in total. The van der Waals surface area contributed by atoms with Gasteiger partial charge in [-0.15, -0.1) is 0 Å². The Morgan fingerprint density at radius 2 is 1.39 bits per heavy atom. The van der Waals surface area contributed by atoms with Crippen molar-refractivity contribution in [2.24, 2.45) is 0 Å². The molecule has 0 aliphatic rings. The second kappa shape index (κ2) is 7.60. The van der Waals surface area contributed by atoms with Crippen molar-refractivity contribution in [1.82, 2.24) is 4.57 Å². The van der Waals surface area contributed by atoms with E-state index >= 15 is 0 Å². The van der Waals surface area contributed by atoms with E-state index in [1.165, 1.54) is 60.6 Å². The van der Waals surface area contributed by atoms with Crippen molar-refractivity contribution >= 4 is 32.6 Å². The molecule has 2 heteroatoms. The third-order valence-corrected chi connectivity index (χ3v) is 6.74. The van der Waals surface area contributed by atoms with Gasteiger partial charge in [0.15, 0.2) is 0 Å². The van der Waals surface area contributed by atoms with Crippen LogP contribution in [-0.4, -0.2) is 4.57 Å². The Balaban J connectivity index is 1.71. The van der Waals surface area contributed by atoms with Crippen LogP contribution in [0.3, 0.4) is 0 Å². The van der Waals surface area contributed by atoms with Gasteiger partial charge in [-0.2, -0.15) is 4.57 Å². The predicted octanol–water partition coefficient (Wildman–Crippen LogP) is 7.53. The number of benzene rings is 4. The summed E-state index contributed by atoms with van der Waals surface area (Å²) in [6.07, 6.45) is 2.30. The summed E-state index contributed by atoms with van der Waals surface area (Å²) in [6.45, 7) is 7.49. The summed E-state index contributed by atoms with van der Waals surface area (Å²) in [6, 6.07) is 33.3. The monoisotopic (exact) mass is 427 g/mol. The lowest BCUT2D eigenvalue weighted by molar-refractivity contribution is -0.640. The van der Waals surface area contributed by atoms with Crippen LogP contribution in [0.5, 0.6) is 0 Å². The molecule has 0 unspecified atom stereocenters. The molecule has 0 aliphatic heterocycles. The molecule has 0 aliphatic carbocycles. The number of fused-ring (bicyclic) bond motifs is 4. The van der Waals surface area contributed by atoms with Gasteiger partial charge in [0, 0.05) is 24.0 Å². The molecule has 160 valence electrons. The lowest BCUT2D eigenvalue weighted by atomic mass is 10.0. The summed E-state index contributed by atoms with van der Waals surface area (Å²) in [5.41, 5.74) is 8.76. The minimum atomic E-state index is 0.955. The molecule has 2 aromatic heterocycles. The number of pyridine rings is 1. The van der Waals surface area contributed by atoms with Crippen LogP contribution in [0.4, 0.5) is 0 Å². The molecule has 0 saturated carbocycles. The minimum Gasteiger partial charge on any atom is -0.316 e. The molecule has 4 aromatic carbocycles. The lowest BCUT2D eigenvalue weighted by Crippen LogP contribution is -2.31. The van der Waals surface area contributed by atoms with E-state index in [2.05, 4.69) is 127 Å². The normalized spacial score (nSPS) is 11.6. The molecule has 6 rings (SSSR count). The van der Waals surface area contributed by atoms with Gasteiger partial charge in [-0.1, -0.05) is 59.7 Å². The Morgan fingerprint density at radius 3 is 2.15 bits per heavy atom. The third-order valence-electron chi connectivity index (χ3n) is 6.74. The third kappa shape index (κ3) is 3.22. The van der Waals surface area contributed by atoms with E-state index in [9.17, 15) is 0 Å². The van der Waals surface area contributed by atoms with E-state index in [1.54, 1.807) is 0 Å². The summed E-state index contributed by atoms with van der Waals surface area (Å²) in [7, 11) is 0. The second-order valence-electron chi connectivity index (χ2n) is 8.99. The Bertz CT molecular complexity index is 1640. The van der Waals surface area contributed by atoms with E-state index < -0.39 is 0 Å². The molecule has 0 atom stereocenters. The highest BCUT2D eigenvalue weighted by Crippen LogP contribution is 2.33. The first-order valence-corrected chi connectivity index (χ1v) is 11.7. The van der Waals surface area contributed by atoms with Crippen molar-refractivity contribution in [3.8, 4) is 16.9 Å². The van der Waals surface area contributed by atoms with Crippen LogP contribution in [0, 0.1) is 13.8 Å². The highest BCUT2D eigenvalue weighted by molar-refractivity contribution is 6.09. The van der Waals surface area contributed by atoms with Crippen molar-refractivity contribution in [2.75, 3.05) is 0 Å². The van der Waals surface area contributed by atoms with Gasteiger partial charge in [-0.05, 0) is 67.4 Å². The molecule has 33 heavy (non-hydrogen) atoms. The molecule has 0 spiro atoms. The van der Waals surface area contributed by atoms with Crippen LogP contribution in [0.1, 0.15) is 18.1 Å². The average molecular weight is 428 g/mol. The van der Waals surface area contributed by atoms with Gasteiger partial charge in [0.1, 0.15) is 6.54 Å². The molecule has 0 fully saturated rings. The van der Waals surface area contributed by atoms with E-state index in [0.29, 0.717) is 0 Å². The average Bonchev–Trinajstić information content (AvgIpc) is 3.14. The quantitative estimate of drug-likeness (QED) is 0.258. The molecule has 0 radical (unpaired) electrons. The minimum absolute atomic E-state index is 0.955. The summed E-state index contributed by atoms with van der Waals surface area (Å²) < 4.78 is 4.76. The topological polar surface area (TPSA) is 8.81 Å². The van der Waals surface area contributed by atoms with Crippen LogP contribution in [0.15, 0.2) is 97.2 Å². The summed E-state index contributed by atoms with van der Waals surface area (Å²) in [4.78, 5) is 0. The molecular formula is C31H27N2+. The number of aromatic nitrogens is 2. The molecule has 0 amide bonds. The van der Waals surface area contributed by atoms with Crippen molar-refractivity contribution in [3.63, 3.8) is 0 Å². The maximum atomic E-state index is 2.44. The van der Waals surface area contributed by atoms with Crippen LogP contribution in [-0.2, 0) is 6.54 Å². The zero-order chi connectivity index (χ0) is 22.5. The fourth-order valence-electron chi connectivity index (χ4n) is 5.04. The van der Waals surface area contributed by atoms with Crippen molar-refractivity contribution < 1.29 is 4.57 Å². The number of aryl methyl sites for hydroxylation is 3. The van der Waals surface area contributed by atoms with Crippen LogP contribution in [0.25, 0.3) is 49.5 Å². The van der Waals surface area contributed by atoms with Gasteiger partial charge in [0.05, 0.1) is 16.5 Å². The van der Waals surface area contributed by atoms with Gasteiger partial charge >= 0.3 is 0 Å². The fraction of sp³-hybridized carbons (Fsp3) is 0.129. The van der Waals surface area contributed by atoms with Crippen LogP contribution < -0.4 is 4.57 Å². The van der Waals surface area contributed by atoms with Crippen molar-refractivity contribution in [2.45, 2.75) is 27.3 Å². The van der Waals surface area contributed by atoms with E-state index in [4.69, 9.17) is 0 Å². The standard InChI is InChI=1S/C31H27N2/c1-4-32-29-15-12-22(3)16-27(29)28-17-25-20-33(26-13-10-21(2)11-14-26)30(18-24(25)19-31(28)32)23-8-6-5-7-9-23/h5-20H,4H2,1-3H3/q+1. The first kappa shape index (κ1) is 19.8. The SMILES string of the molecule is CC[n+]1c2ccc(C)cc2c2cc3cn(-c4ccc(C)cc4)c(-c4ccccc4)cc3cc21.